The monoisotopic (exact) mass is 301 g/mol. The van der Waals surface area contributed by atoms with Crippen molar-refractivity contribution >= 4 is 21.4 Å². The normalized spacial score (nSPS) is 13.4. The van der Waals surface area contributed by atoms with Crippen LogP contribution in [-0.2, 0) is 10.0 Å². The molecule has 102 valence electrons. The fraction of sp³-hybridized carbons (Fsp3) is 0.167. The first kappa shape index (κ1) is 14.1. The summed E-state index contributed by atoms with van der Waals surface area (Å²) in [5.74, 6) is -0.624. The molecule has 1 unspecified atom stereocenters. The van der Waals surface area contributed by atoms with E-state index in [1.807, 2.05) is 0 Å². The van der Waals surface area contributed by atoms with Gasteiger partial charge >= 0.3 is 0 Å². The van der Waals surface area contributed by atoms with Crippen molar-refractivity contribution in [3.63, 3.8) is 0 Å². The van der Waals surface area contributed by atoms with Crippen LogP contribution in [0, 0.1) is 5.82 Å². The molecule has 0 bridgehead atoms. The highest BCUT2D eigenvalue weighted by molar-refractivity contribution is 7.89. The molecule has 7 heteroatoms. The van der Waals surface area contributed by atoms with Crippen LogP contribution in [0.2, 0.25) is 0 Å². The average Bonchev–Trinajstić information content (AvgIpc) is 2.90. The molecule has 0 spiro atoms. The lowest BCUT2D eigenvalue weighted by atomic mass is 10.2. The van der Waals surface area contributed by atoms with Gasteiger partial charge in [0.2, 0.25) is 10.0 Å². The number of hydrogen-bond acceptors (Lipinski definition) is 4. The van der Waals surface area contributed by atoms with E-state index in [-0.39, 0.29) is 11.4 Å². The predicted molar refractivity (Wildman–Crippen MR) is 70.9 cm³/mol. The van der Waals surface area contributed by atoms with E-state index >= 15 is 0 Å². The molecule has 4 nitrogen and oxygen atoms in total. The van der Waals surface area contributed by atoms with Crippen LogP contribution in [0.1, 0.15) is 11.7 Å². The lowest BCUT2D eigenvalue weighted by Crippen LogP contribution is -2.28. The third-order valence-corrected chi connectivity index (χ3v) is 4.62. The molecule has 0 aliphatic rings. The fourth-order valence-corrected chi connectivity index (χ4v) is 3.27. The number of aliphatic hydroxyl groups is 1. The van der Waals surface area contributed by atoms with Gasteiger partial charge in [-0.1, -0.05) is 6.07 Å². The van der Waals surface area contributed by atoms with Gasteiger partial charge in [-0.3, -0.25) is 0 Å². The lowest BCUT2D eigenvalue weighted by molar-refractivity contribution is 0.182. The molecule has 0 fully saturated rings. The van der Waals surface area contributed by atoms with Crippen molar-refractivity contribution in [2.75, 3.05) is 6.54 Å². The van der Waals surface area contributed by atoms with E-state index in [0.29, 0.717) is 5.56 Å². The maximum Gasteiger partial charge on any atom is 0.240 e. The SMILES string of the molecule is O=S(=O)(NCC(O)c1ccsc1)c1cccc(F)c1. The van der Waals surface area contributed by atoms with Crippen LogP contribution in [0.25, 0.3) is 0 Å². The number of nitrogens with one attached hydrogen (secondary N) is 1. The van der Waals surface area contributed by atoms with Crippen LogP contribution in [0.3, 0.4) is 0 Å². The summed E-state index contributed by atoms with van der Waals surface area (Å²) in [5, 5.41) is 13.3. The van der Waals surface area contributed by atoms with Crippen molar-refractivity contribution in [1.29, 1.82) is 0 Å². The standard InChI is InChI=1S/C12H12FNO3S2/c13-10-2-1-3-11(6-10)19(16,17)14-7-12(15)9-4-5-18-8-9/h1-6,8,12,14-15H,7H2. The van der Waals surface area contributed by atoms with Crippen LogP contribution in [0.5, 0.6) is 0 Å². The Morgan fingerprint density at radius 1 is 1.37 bits per heavy atom. The Balaban J connectivity index is 2.06. The van der Waals surface area contributed by atoms with Crippen molar-refractivity contribution in [3.05, 3.63) is 52.5 Å². The highest BCUT2D eigenvalue weighted by atomic mass is 32.2. The van der Waals surface area contributed by atoms with Crippen molar-refractivity contribution < 1.29 is 17.9 Å². The molecule has 2 N–H and O–H groups in total. The molecule has 1 aromatic carbocycles. The summed E-state index contributed by atoms with van der Waals surface area (Å²) in [7, 11) is -3.82. The van der Waals surface area contributed by atoms with Gasteiger partial charge in [-0.15, -0.1) is 0 Å². The molecule has 2 rings (SSSR count). The predicted octanol–water partition coefficient (Wildman–Crippen LogP) is 1.90. The van der Waals surface area contributed by atoms with E-state index in [1.165, 1.54) is 29.5 Å². The zero-order chi connectivity index (χ0) is 13.9. The maximum atomic E-state index is 13.0. The molecule has 0 aliphatic carbocycles. The van der Waals surface area contributed by atoms with Crippen LogP contribution in [-0.4, -0.2) is 20.1 Å². The second kappa shape index (κ2) is 5.79. The first-order valence-corrected chi connectivity index (χ1v) is 7.87. The van der Waals surface area contributed by atoms with Gasteiger partial charge in [-0.2, -0.15) is 11.3 Å². The molecule has 19 heavy (non-hydrogen) atoms. The first-order valence-electron chi connectivity index (χ1n) is 5.44. The highest BCUT2D eigenvalue weighted by Crippen LogP contribution is 2.16. The largest absolute Gasteiger partial charge is 0.387 e. The number of thiophene rings is 1. The Labute approximate surface area is 114 Å². The summed E-state index contributed by atoms with van der Waals surface area (Å²) in [4.78, 5) is -0.162. The summed E-state index contributed by atoms with van der Waals surface area (Å²) >= 11 is 1.41. The van der Waals surface area contributed by atoms with Gasteiger partial charge in [0.05, 0.1) is 11.0 Å². The smallest absolute Gasteiger partial charge is 0.240 e. The molecule has 0 radical (unpaired) electrons. The Bertz CT molecular complexity index is 641. The Morgan fingerprint density at radius 3 is 2.79 bits per heavy atom. The molecule has 0 aliphatic heterocycles. The van der Waals surface area contributed by atoms with E-state index < -0.39 is 21.9 Å². The molecular formula is C12H12FNO3S2. The molecular weight excluding hydrogens is 289 g/mol. The topological polar surface area (TPSA) is 66.4 Å². The number of benzene rings is 1. The second-order valence-electron chi connectivity index (χ2n) is 3.88. The number of aliphatic hydroxyl groups excluding tert-OH is 1. The average molecular weight is 301 g/mol. The first-order chi connectivity index (χ1) is 8.99. The molecule has 1 heterocycles. The second-order valence-corrected chi connectivity index (χ2v) is 6.43. The molecule has 2 aromatic rings. The van der Waals surface area contributed by atoms with Gasteiger partial charge in [0.15, 0.2) is 0 Å². The molecule has 0 saturated heterocycles. The molecule has 1 atom stereocenters. The summed E-state index contributed by atoms with van der Waals surface area (Å²) < 4.78 is 39.0. The quantitative estimate of drug-likeness (QED) is 0.886. The van der Waals surface area contributed by atoms with Gasteiger partial charge < -0.3 is 5.11 Å². The van der Waals surface area contributed by atoms with E-state index in [9.17, 15) is 17.9 Å². The van der Waals surface area contributed by atoms with Crippen molar-refractivity contribution in [3.8, 4) is 0 Å². The Morgan fingerprint density at radius 2 is 2.16 bits per heavy atom. The number of halogens is 1. The van der Waals surface area contributed by atoms with E-state index in [1.54, 1.807) is 16.8 Å². The van der Waals surface area contributed by atoms with Crippen molar-refractivity contribution in [2.45, 2.75) is 11.0 Å². The van der Waals surface area contributed by atoms with E-state index in [0.717, 1.165) is 6.07 Å². The Kier molecular flexibility index (Phi) is 4.31. The van der Waals surface area contributed by atoms with Gasteiger partial charge in [-0.25, -0.2) is 17.5 Å². The third kappa shape index (κ3) is 3.60. The minimum Gasteiger partial charge on any atom is -0.387 e. The van der Waals surface area contributed by atoms with Crippen molar-refractivity contribution in [1.82, 2.24) is 4.72 Å². The van der Waals surface area contributed by atoms with Crippen molar-refractivity contribution in [2.24, 2.45) is 0 Å². The third-order valence-electron chi connectivity index (χ3n) is 2.50. The van der Waals surface area contributed by atoms with Gasteiger partial charge in [-0.05, 0) is 40.6 Å². The van der Waals surface area contributed by atoms with E-state index in [4.69, 9.17) is 0 Å². The molecule has 1 aromatic heterocycles. The summed E-state index contributed by atoms with van der Waals surface area (Å²) in [6.07, 6.45) is -0.922. The zero-order valence-corrected chi connectivity index (χ0v) is 11.4. The lowest BCUT2D eigenvalue weighted by Gasteiger charge is -2.11. The summed E-state index contributed by atoms with van der Waals surface area (Å²) in [5.41, 5.74) is 0.645. The van der Waals surface area contributed by atoms with Crippen LogP contribution in [0.15, 0.2) is 46.0 Å². The van der Waals surface area contributed by atoms with Gasteiger partial charge in [0.1, 0.15) is 5.82 Å². The van der Waals surface area contributed by atoms with Crippen LogP contribution >= 0.6 is 11.3 Å². The highest BCUT2D eigenvalue weighted by Gasteiger charge is 2.17. The zero-order valence-electron chi connectivity index (χ0n) is 9.78. The van der Waals surface area contributed by atoms with E-state index in [2.05, 4.69) is 4.72 Å². The van der Waals surface area contributed by atoms with Crippen LogP contribution in [0.4, 0.5) is 4.39 Å². The Hall–Kier alpha value is -1.28. The molecule has 0 saturated carbocycles. The molecule has 0 amide bonds. The van der Waals surface area contributed by atoms with Gasteiger partial charge in [0, 0.05) is 6.54 Å². The number of sulfonamides is 1. The van der Waals surface area contributed by atoms with Crippen LogP contribution < -0.4 is 4.72 Å². The summed E-state index contributed by atoms with van der Waals surface area (Å²) in [6, 6.07) is 6.42. The summed E-state index contributed by atoms with van der Waals surface area (Å²) in [6.45, 7) is -0.157. The minimum atomic E-state index is -3.82. The fourth-order valence-electron chi connectivity index (χ4n) is 1.49. The maximum absolute atomic E-state index is 13.0. The number of rotatable bonds is 5. The number of hydrogen-bond donors (Lipinski definition) is 2. The minimum absolute atomic E-state index is 0.157. The van der Waals surface area contributed by atoms with Gasteiger partial charge in [0.25, 0.3) is 0 Å².